The predicted molar refractivity (Wildman–Crippen MR) is 114 cm³/mol. The van der Waals surface area contributed by atoms with Crippen LogP contribution < -0.4 is 10.4 Å². The Hall–Kier alpha value is -2.26. The molecule has 1 aromatic heterocycles. The van der Waals surface area contributed by atoms with Gasteiger partial charge in [0.2, 0.25) is 0 Å². The second kappa shape index (κ2) is 7.29. The molecule has 0 saturated heterocycles. The number of halogens is 1. The molecule has 0 aliphatic heterocycles. The van der Waals surface area contributed by atoms with E-state index in [-0.39, 0.29) is 11.0 Å². The third-order valence-corrected chi connectivity index (χ3v) is 5.79. The van der Waals surface area contributed by atoms with Gasteiger partial charge in [0.25, 0.3) is 0 Å². The molecule has 0 fully saturated rings. The molecule has 0 atom stereocenters. The summed E-state index contributed by atoms with van der Waals surface area (Å²) in [5.74, 6) is 0.535. The minimum absolute atomic E-state index is 0.123. The zero-order valence-electron chi connectivity index (χ0n) is 16.6. The molecule has 0 saturated carbocycles. The van der Waals surface area contributed by atoms with E-state index in [9.17, 15) is 4.79 Å². The normalized spacial score (nSPS) is 14.1. The third-order valence-electron chi connectivity index (χ3n) is 5.49. The lowest BCUT2D eigenvalue weighted by molar-refractivity contribution is 0.306. The van der Waals surface area contributed by atoms with Gasteiger partial charge < -0.3 is 9.15 Å². The molecule has 2 aromatic carbocycles. The quantitative estimate of drug-likeness (QED) is 0.494. The maximum Gasteiger partial charge on any atom is 0.339 e. The number of rotatable bonds is 3. The van der Waals surface area contributed by atoms with Gasteiger partial charge in [-0.25, -0.2) is 4.79 Å². The van der Waals surface area contributed by atoms with E-state index in [0.29, 0.717) is 23.0 Å². The van der Waals surface area contributed by atoms with Crippen molar-refractivity contribution in [2.45, 2.75) is 58.5 Å². The Kier molecular flexibility index (Phi) is 4.96. The summed E-state index contributed by atoms with van der Waals surface area (Å²) in [5, 5.41) is 1.47. The number of ether oxygens (including phenoxy) is 1. The molecule has 3 nitrogen and oxygen atoms in total. The Morgan fingerprint density at radius 3 is 2.39 bits per heavy atom. The van der Waals surface area contributed by atoms with E-state index < -0.39 is 0 Å². The van der Waals surface area contributed by atoms with Gasteiger partial charge in [-0.05, 0) is 53.9 Å². The molecule has 1 heterocycles. The lowest BCUT2D eigenvalue weighted by Crippen LogP contribution is -2.15. The van der Waals surface area contributed by atoms with Gasteiger partial charge in [-0.2, -0.15) is 0 Å². The number of benzene rings is 2. The van der Waals surface area contributed by atoms with Crippen LogP contribution in [0.2, 0.25) is 5.02 Å². The Morgan fingerprint density at radius 2 is 1.71 bits per heavy atom. The maximum absolute atomic E-state index is 12.3. The first-order valence-corrected chi connectivity index (χ1v) is 10.2. The fourth-order valence-corrected chi connectivity index (χ4v) is 4.04. The lowest BCUT2D eigenvalue weighted by Gasteiger charge is -2.19. The molecule has 0 spiro atoms. The maximum atomic E-state index is 12.3. The molecule has 28 heavy (non-hydrogen) atoms. The molecule has 4 heteroatoms. The lowest BCUT2D eigenvalue weighted by atomic mass is 9.87. The first kappa shape index (κ1) is 19.1. The molecule has 1 aliphatic carbocycles. The second-order valence-electron chi connectivity index (χ2n) is 8.57. The third kappa shape index (κ3) is 3.68. The second-order valence-corrected chi connectivity index (χ2v) is 8.98. The molecule has 4 rings (SSSR count). The van der Waals surface area contributed by atoms with Crippen molar-refractivity contribution in [1.29, 1.82) is 0 Å². The van der Waals surface area contributed by atoms with Gasteiger partial charge in [0.1, 0.15) is 17.9 Å². The first-order chi connectivity index (χ1) is 13.3. The van der Waals surface area contributed by atoms with Gasteiger partial charge >= 0.3 is 5.63 Å². The van der Waals surface area contributed by atoms with E-state index in [1.165, 1.54) is 5.56 Å². The van der Waals surface area contributed by atoms with Crippen LogP contribution in [0.1, 0.15) is 55.9 Å². The standard InChI is InChI=1S/C24H25ClO3/c1-24(2,3)16-10-8-15(9-11-16)14-27-22-13-21-19(12-20(22)25)17-6-4-5-7-18(17)23(26)28-21/h8-13H,4-7,14H2,1-3H3. The van der Waals surface area contributed by atoms with Crippen molar-refractivity contribution in [3.05, 3.63) is 74.1 Å². The summed E-state index contributed by atoms with van der Waals surface area (Å²) >= 11 is 6.49. The van der Waals surface area contributed by atoms with Gasteiger partial charge in [-0.1, -0.05) is 56.6 Å². The van der Waals surface area contributed by atoms with Crippen LogP contribution in [-0.4, -0.2) is 0 Å². The van der Waals surface area contributed by atoms with E-state index in [2.05, 4.69) is 45.0 Å². The summed E-state index contributed by atoms with van der Waals surface area (Å²) in [7, 11) is 0. The van der Waals surface area contributed by atoms with Crippen molar-refractivity contribution >= 4 is 22.6 Å². The monoisotopic (exact) mass is 396 g/mol. The highest BCUT2D eigenvalue weighted by Gasteiger charge is 2.19. The van der Waals surface area contributed by atoms with Crippen molar-refractivity contribution in [2.24, 2.45) is 0 Å². The molecule has 0 radical (unpaired) electrons. The molecule has 146 valence electrons. The summed E-state index contributed by atoms with van der Waals surface area (Å²) in [4.78, 5) is 12.3. The number of hydrogen-bond donors (Lipinski definition) is 0. The van der Waals surface area contributed by atoms with E-state index in [1.54, 1.807) is 6.07 Å². The van der Waals surface area contributed by atoms with Gasteiger partial charge in [-0.15, -0.1) is 0 Å². The van der Waals surface area contributed by atoms with Crippen LogP contribution in [0.5, 0.6) is 5.75 Å². The van der Waals surface area contributed by atoms with Crippen molar-refractivity contribution in [1.82, 2.24) is 0 Å². The summed E-state index contributed by atoms with van der Waals surface area (Å²) < 4.78 is 11.5. The molecule has 0 unspecified atom stereocenters. The largest absolute Gasteiger partial charge is 0.487 e. The van der Waals surface area contributed by atoms with Crippen LogP contribution >= 0.6 is 11.6 Å². The van der Waals surface area contributed by atoms with Crippen molar-refractivity contribution in [2.75, 3.05) is 0 Å². The highest BCUT2D eigenvalue weighted by molar-refractivity contribution is 6.32. The van der Waals surface area contributed by atoms with Crippen LogP contribution in [-0.2, 0) is 24.9 Å². The van der Waals surface area contributed by atoms with Crippen LogP contribution in [0.4, 0.5) is 0 Å². The van der Waals surface area contributed by atoms with Crippen LogP contribution in [0, 0.1) is 0 Å². The molecular formula is C24H25ClO3. The molecule has 0 bridgehead atoms. The number of fused-ring (bicyclic) bond motifs is 3. The van der Waals surface area contributed by atoms with Gasteiger partial charge in [0.05, 0.1) is 5.02 Å². The zero-order chi connectivity index (χ0) is 19.9. The molecule has 0 amide bonds. The van der Waals surface area contributed by atoms with Gasteiger partial charge in [-0.3, -0.25) is 0 Å². The summed E-state index contributed by atoms with van der Waals surface area (Å²) in [5.41, 5.74) is 4.69. The highest BCUT2D eigenvalue weighted by atomic mass is 35.5. The van der Waals surface area contributed by atoms with Crippen molar-refractivity contribution < 1.29 is 9.15 Å². The van der Waals surface area contributed by atoms with Crippen LogP contribution in [0.25, 0.3) is 11.0 Å². The van der Waals surface area contributed by atoms with E-state index in [0.717, 1.165) is 47.8 Å². The zero-order valence-corrected chi connectivity index (χ0v) is 17.4. The smallest absolute Gasteiger partial charge is 0.339 e. The highest BCUT2D eigenvalue weighted by Crippen LogP contribution is 2.34. The fraction of sp³-hybridized carbons (Fsp3) is 0.375. The number of aryl methyl sites for hydroxylation is 1. The molecule has 0 N–H and O–H groups in total. The first-order valence-electron chi connectivity index (χ1n) is 9.83. The van der Waals surface area contributed by atoms with E-state index in [1.807, 2.05) is 6.07 Å². The van der Waals surface area contributed by atoms with E-state index >= 15 is 0 Å². The molecular weight excluding hydrogens is 372 g/mol. The Labute approximate surface area is 170 Å². The van der Waals surface area contributed by atoms with Gasteiger partial charge in [0, 0.05) is 17.0 Å². The molecule has 1 aliphatic rings. The average molecular weight is 397 g/mol. The van der Waals surface area contributed by atoms with Crippen LogP contribution in [0.15, 0.2) is 45.6 Å². The Morgan fingerprint density at radius 1 is 1.04 bits per heavy atom. The van der Waals surface area contributed by atoms with Gasteiger partial charge in [0.15, 0.2) is 0 Å². The minimum atomic E-state index is -0.228. The number of hydrogen-bond acceptors (Lipinski definition) is 3. The Balaban J connectivity index is 1.61. The van der Waals surface area contributed by atoms with Crippen molar-refractivity contribution in [3.8, 4) is 5.75 Å². The van der Waals surface area contributed by atoms with Crippen molar-refractivity contribution in [3.63, 3.8) is 0 Å². The summed E-state index contributed by atoms with van der Waals surface area (Å²) in [6, 6.07) is 12.0. The van der Waals surface area contributed by atoms with Crippen LogP contribution in [0.3, 0.4) is 0 Å². The topological polar surface area (TPSA) is 39.4 Å². The predicted octanol–water partition coefficient (Wildman–Crippen LogP) is 6.20. The summed E-state index contributed by atoms with van der Waals surface area (Å²) in [6.45, 7) is 6.99. The fourth-order valence-electron chi connectivity index (χ4n) is 3.82. The summed E-state index contributed by atoms with van der Waals surface area (Å²) in [6.07, 6.45) is 3.81. The average Bonchev–Trinajstić information content (AvgIpc) is 2.67. The Bertz CT molecular complexity index is 1070. The molecule has 3 aromatic rings. The van der Waals surface area contributed by atoms with E-state index in [4.69, 9.17) is 20.8 Å². The SMILES string of the molecule is CC(C)(C)c1ccc(COc2cc3oc(=O)c4c(c3cc2Cl)CCCC4)cc1. The minimum Gasteiger partial charge on any atom is -0.487 e.